The van der Waals surface area contributed by atoms with E-state index in [1.807, 2.05) is 0 Å². The van der Waals surface area contributed by atoms with Gasteiger partial charge in [0, 0.05) is 22.2 Å². The smallest absolute Gasteiger partial charge is 0.410 e. The normalized spacial score (nSPS) is 23.9. The van der Waals surface area contributed by atoms with Crippen LogP contribution >= 0.6 is 18.9 Å². The number of Topliss-reactive ketones (excluding diaryl/α,β-unsaturated/α-hetero) is 1. The van der Waals surface area contributed by atoms with E-state index in [0.29, 0.717) is 42.4 Å². The van der Waals surface area contributed by atoms with Crippen LogP contribution < -0.4 is 5.32 Å². The van der Waals surface area contributed by atoms with Crippen LogP contribution in [0.15, 0.2) is 54.6 Å². The van der Waals surface area contributed by atoms with Crippen LogP contribution in [-0.2, 0) is 53.6 Å². The van der Waals surface area contributed by atoms with Crippen LogP contribution in [-0.4, -0.2) is 66.1 Å². The Kier molecular flexibility index (Phi) is 13.1. The third-order valence-corrected chi connectivity index (χ3v) is 14.2. The highest BCUT2D eigenvalue weighted by Crippen LogP contribution is 2.67. The Morgan fingerprint density at radius 1 is 0.850 bits per heavy atom. The Balaban J connectivity index is 1.16. The first-order chi connectivity index (χ1) is 28.0. The van der Waals surface area contributed by atoms with Gasteiger partial charge >= 0.3 is 25.2 Å². The molecular weight excluding hydrogens is 825 g/mol. The lowest BCUT2D eigenvalue weighted by molar-refractivity contribution is -0.163. The summed E-state index contributed by atoms with van der Waals surface area (Å²) in [6.07, 6.45) is 3.68. The number of hydrogen-bond acceptors (Lipinski definition) is 11. The molecule has 3 atom stereocenters. The maximum atomic E-state index is 16.3. The molecule has 2 amide bonds. The zero-order valence-corrected chi connectivity index (χ0v) is 36.3. The molecule has 0 unspecified atom stereocenters. The Morgan fingerprint density at radius 2 is 1.45 bits per heavy atom. The summed E-state index contributed by atoms with van der Waals surface area (Å²) in [4.78, 5) is 68.0. The molecule has 1 N–H and O–H groups in total. The van der Waals surface area contributed by atoms with Gasteiger partial charge in [0.1, 0.15) is 11.7 Å². The zero-order valence-electron chi connectivity index (χ0n) is 34.6. The van der Waals surface area contributed by atoms with Crippen molar-refractivity contribution in [2.45, 2.75) is 122 Å². The topological polar surface area (TPSA) is 155 Å². The number of hydrogen-bond donors (Lipinski definition) is 1. The first-order valence-electron chi connectivity index (χ1n) is 20.1. The summed E-state index contributed by atoms with van der Waals surface area (Å²) in [6, 6.07) is 11.6. The summed E-state index contributed by atoms with van der Waals surface area (Å²) in [6.45, 7) is 6.83. The van der Waals surface area contributed by atoms with Crippen LogP contribution in [0.1, 0.15) is 114 Å². The summed E-state index contributed by atoms with van der Waals surface area (Å²) in [5.74, 6) is -3.32. The van der Waals surface area contributed by atoms with Crippen molar-refractivity contribution in [2.75, 3.05) is 13.6 Å². The molecule has 1 aromatic heterocycles. The highest BCUT2D eigenvalue weighted by Gasteiger charge is 2.56. The monoisotopic (exact) mass is 876 g/mol. The summed E-state index contributed by atoms with van der Waals surface area (Å²) in [5.41, 5.74) is -8.31. The second kappa shape index (κ2) is 17.3. The summed E-state index contributed by atoms with van der Waals surface area (Å²) >= 11 is 0.989. The standard InChI is InChI=1S/C43H52F3N2O10PS/c1-40(2,3)38(52)55-24-57-59(54,58-25-56-39(53)41(4,5)6)43(45,46)29-16-19-33-26(20-29)21-34(60-33)36(50)47-31-15-11-10-14-30-17-18-32(48(30)37(31)51)35(49)27-22-42(44,23-27)28-12-8-7-9-13-28/h7-9,12-13,16,19-21,27,30-32H,10-11,14-15,17-18,22-25H2,1-6H3,(H,47,50)/t27?,30-,31-,32-,42?/m0/s1. The summed E-state index contributed by atoms with van der Waals surface area (Å²) in [7, 11) is -5.59. The van der Waals surface area contributed by atoms with E-state index in [2.05, 4.69) is 5.32 Å². The number of rotatable bonds is 13. The number of thiophene rings is 1. The third kappa shape index (κ3) is 9.51. The van der Waals surface area contributed by atoms with Crippen LogP contribution in [0.4, 0.5) is 13.2 Å². The lowest BCUT2D eigenvalue weighted by atomic mass is 9.66. The number of fused-ring (bicyclic) bond motifs is 2. The highest BCUT2D eigenvalue weighted by molar-refractivity contribution is 7.54. The van der Waals surface area contributed by atoms with Crippen molar-refractivity contribution in [1.82, 2.24) is 10.2 Å². The molecule has 0 spiro atoms. The SMILES string of the molecule is CC(C)(C)C(=O)OCOP(=O)(OCOC(=O)C(C)(C)C)C(F)(F)c1ccc2sc(C(=O)N[C@H]3CCCC[C@H]4CC[C@@H](C(=O)C5CC(F)(c6ccccc6)C5)N4C3=O)cc2c1. The first kappa shape index (κ1) is 45.4. The van der Waals surface area contributed by atoms with Gasteiger partial charge in [-0.25, -0.2) is 4.39 Å². The molecule has 6 rings (SSSR count). The molecule has 326 valence electrons. The van der Waals surface area contributed by atoms with Gasteiger partial charge in [0.05, 0.1) is 21.7 Å². The van der Waals surface area contributed by atoms with Crippen LogP contribution in [0.5, 0.6) is 0 Å². The minimum Gasteiger partial charge on any atom is -0.438 e. The molecule has 2 saturated heterocycles. The van der Waals surface area contributed by atoms with Crippen molar-refractivity contribution in [3.05, 3.63) is 70.6 Å². The van der Waals surface area contributed by atoms with E-state index in [0.717, 1.165) is 29.9 Å². The molecule has 2 aliphatic heterocycles. The number of nitrogens with zero attached hydrogens (tertiary/aromatic N) is 1. The van der Waals surface area contributed by atoms with Gasteiger partial charge in [-0.3, -0.25) is 37.6 Å². The minimum atomic E-state index is -5.59. The predicted octanol–water partition coefficient (Wildman–Crippen LogP) is 9.15. The number of esters is 2. The molecule has 60 heavy (non-hydrogen) atoms. The molecule has 0 radical (unpaired) electrons. The number of benzene rings is 2. The summed E-state index contributed by atoms with van der Waals surface area (Å²) < 4.78 is 82.3. The maximum absolute atomic E-state index is 16.3. The lowest BCUT2D eigenvalue weighted by Gasteiger charge is -2.43. The van der Waals surface area contributed by atoms with Gasteiger partial charge in [0.15, 0.2) is 5.78 Å². The molecule has 3 heterocycles. The van der Waals surface area contributed by atoms with Crippen LogP contribution in [0.2, 0.25) is 0 Å². The van der Waals surface area contributed by atoms with E-state index in [-0.39, 0.29) is 40.8 Å². The Bertz CT molecular complexity index is 2130. The van der Waals surface area contributed by atoms with Gasteiger partial charge in [0.25, 0.3) is 5.91 Å². The van der Waals surface area contributed by atoms with Gasteiger partial charge in [-0.2, -0.15) is 8.78 Å². The predicted molar refractivity (Wildman–Crippen MR) is 217 cm³/mol. The van der Waals surface area contributed by atoms with Crippen molar-refractivity contribution in [1.29, 1.82) is 0 Å². The van der Waals surface area contributed by atoms with Crippen LogP contribution in [0.25, 0.3) is 10.1 Å². The average Bonchev–Trinajstić information content (AvgIpc) is 3.80. The molecule has 3 aromatic rings. The van der Waals surface area contributed by atoms with Crippen molar-refractivity contribution < 1.29 is 60.2 Å². The van der Waals surface area contributed by atoms with Gasteiger partial charge in [0.2, 0.25) is 19.5 Å². The number of amides is 2. The Hall–Kier alpha value is -4.11. The largest absolute Gasteiger partial charge is 0.438 e. The fourth-order valence-corrected chi connectivity index (χ4v) is 9.96. The van der Waals surface area contributed by atoms with E-state index >= 15 is 13.2 Å². The second-order valence-electron chi connectivity index (χ2n) is 17.9. The van der Waals surface area contributed by atoms with Crippen molar-refractivity contribution in [3.63, 3.8) is 0 Å². The van der Waals surface area contributed by atoms with Crippen molar-refractivity contribution in [2.24, 2.45) is 16.7 Å². The quantitative estimate of drug-likeness (QED) is 0.0999. The summed E-state index contributed by atoms with van der Waals surface area (Å²) in [5, 5.41) is 3.01. The van der Waals surface area contributed by atoms with Crippen molar-refractivity contribution >= 4 is 58.6 Å². The number of halogens is 3. The molecule has 2 aromatic carbocycles. The van der Waals surface area contributed by atoms with Gasteiger partial charge < -0.3 is 19.7 Å². The maximum Gasteiger partial charge on any atom is 0.410 e. The van der Waals surface area contributed by atoms with E-state index in [9.17, 15) is 28.5 Å². The number of ether oxygens (including phenoxy) is 2. The van der Waals surface area contributed by atoms with Gasteiger partial charge in [-0.05, 0) is 109 Å². The number of carbonyl (C=O) groups excluding carboxylic acids is 5. The van der Waals surface area contributed by atoms with Crippen molar-refractivity contribution in [3.8, 4) is 0 Å². The van der Waals surface area contributed by atoms with Gasteiger partial charge in [-0.15, -0.1) is 11.3 Å². The molecule has 1 saturated carbocycles. The van der Waals surface area contributed by atoms with E-state index in [1.54, 1.807) is 35.2 Å². The molecular formula is C43H52F3N2O10PS. The molecule has 3 fully saturated rings. The Morgan fingerprint density at radius 3 is 2.05 bits per heavy atom. The van der Waals surface area contributed by atoms with E-state index < -0.39 is 84.8 Å². The minimum absolute atomic E-state index is 0.0517. The van der Waals surface area contributed by atoms with Crippen LogP contribution in [0, 0.1) is 16.7 Å². The van der Waals surface area contributed by atoms with Crippen LogP contribution in [0.3, 0.4) is 0 Å². The van der Waals surface area contributed by atoms with E-state index in [4.69, 9.17) is 18.5 Å². The fraction of sp³-hybridized carbons (Fsp3) is 0.558. The molecule has 17 heteroatoms. The number of ketones is 1. The average molecular weight is 877 g/mol. The fourth-order valence-electron chi connectivity index (χ4n) is 7.77. The highest BCUT2D eigenvalue weighted by atomic mass is 32.1. The zero-order chi connectivity index (χ0) is 43.8. The molecule has 12 nitrogen and oxygen atoms in total. The van der Waals surface area contributed by atoms with E-state index in [1.165, 1.54) is 53.7 Å². The molecule has 3 aliphatic rings. The number of nitrogens with one attached hydrogen (secondary N) is 1. The number of alkyl halides is 3. The van der Waals surface area contributed by atoms with Gasteiger partial charge in [-0.1, -0.05) is 49.2 Å². The second-order valence-corrected chi connectivity index (χ2v) is 21.1. The lowest BCUT2D eigenvalue weighted by Crippen LogP contribution is -2.56. The Labute approximate surface area is 351 Å². The molecule has 0 bridgehead atoms. The number of carbonyl (C=O) groups is 5. The molecule has 1 aliphatic carbocycles. The third-order valence-electron chi connectivity index (χ3n) is 11.3. The first-order valence-corrected chi connectivity index (χ1v) is 22.5.